The Labute approximate surface area is 188 Å². The molecule has 0 radical (unpaired) electrons. The maximum atomic E-state index is 12.2. The molecule has 2 aromatic carbocycles. The number of nitrogens with zero attached hydrogens (tertiary/aromatic N) is 3. The van der Waals surface area contributed by atoms with Crippen LogP contribution in [0, 0.1) is 0 Å². The first kappa shape index (κ1) is 22.3. The zero-order valence-electron chi connectivity index (χ0n) is 16.6. The molecule has 0 aliphatic carbocycles. The molecule has 158 valence electrons. The Morgan fingerprint density at radius 1 is 1.20 bits per heavy atom. The van der Waals surface area contributed by atoms with Crippen molar-refractivity contribution in [2.45, 2.75) is 18.2 Å². The lowest BCUT2D eigenvalue weighted by Crippen LogP contribution is -2.14. The van der Waals surface area contributed by atoms with Crippen molar-refractivity contribution in [1.29, 1.82) is 0 Å². The molecule has 1 amide bonds. The summed E-state index contributed by atoms with van der Waals surface area (Å²) in [5.74, 6) is 1.89. The molecule has 0 aliphatic rings. The van der Waals surface area contributed by atoms with Crippen LogP contribution in [0.5, 0.6) is 11.5 Å². The Morgan fingerprint density at radius 2 is 1.93 bits per heavy atom. The molecule has 1 unspecified atom stereocenters. The molecular weight excluding hydrogens is 447 g/mol. The van der Waals surface area contributed by atoms with Gasteiger partial charge in [-0.05, 0) is 49.4 Å². The number of carbonyl (C=O) groups excluding carboxylic acids is 1. The van der Waals surface area contributed by atoms with Gasteiger partial charge in [-0.1, -0.05) is 35.0 Å². The molecule has 30 heavy (non-hydrogen) atoms. The van der Waals surface area contributed by atoms with Crippen LogP contribution in [0.3, 0.4) is 0 Å². The van der Waals surface area contributed by atoms with Gasteiger partial charge >= 0.3 is 0 Å². The van der Waals surface area contributed by atoms with Crippen molar-refractivity contribution < 1.29 is 14.3 Å². The first-order valence-corrected chi connectivity index (χ1v) is 10.7. The molecule has 1 aromatic heterocycles. The molecular formula is C20H20Cl2N4O3S. The summed E-state index contributed by atoms with van der Waals surface area (Å²) in [6.07, 6.45) is -0.399. The number of hydrogen-bond donors (Lipinski definition) is 1. The Balaban J connectivity index is 1.58. The van der Waals surface area contributed by atoms with E-state index in [4.69, 9.17) is 32.7 Å². The lowest BCUT2D eigenvalue weighted by atomic mass is 10.3. The lowest BCUT2D eigenvalue weighted by Gasteiger charge is -2.15. The summed E-state index contributed by atoms with van der Waals surface area (Å²) in [7, 11) is 3.41. The average molecular weight is 467 g/mol. The molecule has 0 fully saturated rings. The first-order chi connectivity index (χ1) is 14.4. The summed E-state index contributed by atoms with van der Waals surface area (Å²) in [5, 5.41) is 12.7. The largest absolute Gasteiger partial charge is 0.497 e. The number of halogens is 2. The van der Waals surface area contributed by atoms with Gasteiger partial charge in [-0.3, -0.25) is 4.79 Å². The Kier molecular flexibility index (Phi) is 7.47. The quantitative estimate of drug-likeness (QED) is 0.470. The maximum Gasteiger partial charge on any atom is 0.234 e. The van der Waals surface area contributed by atoms with E-state index in [-0.39, 0.29) is 11.7 Å². The molecule has 0 spiro atoms. The maximum absolute atomic E-state index is 12.2. The van der Waals surface area contributed by atoms with Crippen molar-refractivity contribution in [1.82, 2.24) is 14.8 Å². The van der Waals surface area contributed by atoms with E-state index in [9.17, 15) is 4.79 Å². The van der Waals surface area contributed by atoms with Gasteiger partial charge in [0.05, 0.1) is 17.9 Å². The summed E-state index contributed by atoms with van der Waals surface area (Å²) in [5.41, 5.74) is 0.696. The highest BCUT2D eigenvalue weighted by Gasteiger charge is 2.19. The summed E-state index contributed by atoms with van der Waals surface area (Å²) in [6.45, 7) is 1.85. The Hall–Kier alpha value is -2.42. The summed E-state index contributed by atoms with van der Waals surface area (Å²) in [4.78, 5) is 12.2. The highest BCUT2D eigenvalue weighted by molar-refractivity contribution is 7.99. The van der Waals surface area contributed by atoms with Crippen LogP contribution >= 0.6 is 35.0 Å². The third kappa shape index (κ3) is 5.59. The molecule has 3 rings (SSSR count). The molecule has 1 heterocycles. The van der Waals surface area contributed by atoms with Gasteiger partial charge < -0.3 is 19.4 Å². The van der Waals surface area contributed by atoms with E-state index in [0.717, 1.165) is 5.75 Å². The minimum atomic E-state index is -0.399. The fourth-order valence-corrected chi connectivity index (χ4v) is 3.79. The predicted molar refractivity (Wildman–Crippen MR) is 119 cm³/mol. The van der Waals surface area contributed by atoms with Gasteiger partial charge in [0.25, 0.3) is 0 Å². The Bertz CT molecular complexity index is 1030. The Morgan fingerprint density at radius 3 is 2.60 bits per heavy atom. The number of ether oxygens (including phenoxy) is 2. The van der Waals surface area contributed by atoms with Crippen LogP contribution < -0.4 is 14.8 Å². The molecule has 10 heteroatoms. The number of methoxy groups -OCH3 is 1. The monoisotopic (exact) mass is 466 g/mol. The molecule has 1 N–H and O–H groups in total. The lowest BCUT2D eigenvalue weighted by molar-refractivity contribution is -0.113. The smallest absolute Gasteiger partial charge is 0.234 e. The van der Waals surface area contributed by atoms with Crippen LogP contribution in [-0.4, -0.2) is 33.5 Å². The molecule has 0 bridgehead atoms. The van der Waals surface area contributed by atoms with Gasteiger partial charge in [-0.2, -0.15) is 0 Å². The first-order valence-electron chi connectivity index (χ1n) is 8.95. The number of thioether (sulfide) groups is 1. The van der Waals surface area contributed by atoms with Crippen LogP contribution in [0.15, 0.2) is 47.6 Å². The van der Waals surface area contributed by atoms with Crippen LogP contribution in [-0.2, 0) is 11.8 Å². The van der Waals surface area contributed by atoms with Crippen molar-refractivity contribution in [2.75, 3.05) is 18.2 Å². The van der Waals surface area contributed by atoms with Crippen molar-refractivity contribution in [3.63, 3.8) is 0 Å². The van der Waals surface area contributed by atoms with Gasteiger partial charge in [0, 0.05) is 17.8 Å². The van der Waals surface area contributed by atoms with E-state index in [1.54, 1.807) is 54.1 Å². The van der Waals surface area contributed by atoms with E-state index in [0.29, 0.717) is 32.5 Å². The molecule has 7 nitrogen and oxygen atoms in total. The van der Waals surface area contributed by atoms with Crippen LogP contribution in [0.2, 0.25) is 10.0 Å². The standard InChI is InChI=1S/C20H20Cl2N4O3S/c1-12(29-17-9-4-13(21)10-16(17)22)19-24-25-20(26(19)2)30-11-18(27)23-14-5-7-15(28-3)8-6-14/h4-10,12H,11H2,1-3H3,(H,23,27). The van der Waals surface area contributed by atoms with Gasteiger partial charge in [-0.15, -0.1) is 10.2 Å². The van der Waals surface area contributed by atoms with Crippen LogP contribution in [0.1, 0.15) is 18.9 Å². The second kappa shape index (κ2) is 10.1. The van der Waals surface area contributed by atoms with E-state index in [1.807, 2.05) is 14.0 Å². The molecule has 1 atom stereocenters. The number of carbonyl (C=O) groups is 1. The van der Waals surface area contributed by atoms with Gasteiger partial charge in [0.1, 0.15) is 11.5 Å². The van der Waals surface area contributed by atoms with Gasteiger partial charge in [0.2, 0.25) is 5.91 Å². The SMILES string of the molecule is COc1ccc(NC(=O)CSc2nnc(C(C)Oc3ccc(Cl)cc3Cl)n2C)cc1. The number of anilines is 1. The highest BCUT2D eigenvalue weighted by atomic mass is 35.5. The number of benzene rings is 2. The molecule has 3 aromatic rings. The van der Waals surface area contributed by atoms with Crippen LogP contribution in [0.25, 0.3) is 0 Å². The fraction of sp³-hybridized carbons (Fsp3) is 0.250. The summed E-state index contributed by atoms with van der Waals surface area (Å²) < 4.78 is 12.8. The molecule has 0 saturated heterocycles. The summed E-state index contributed by atoms with van der Waals surface area (Å²) >= 11 is 13.4. The third-order valence-corrected chi connectivity index (χ3v) is 5.69. The number of aromatic nitrogens is 3. The minimum absolute atomic E-state index is 0.146. The molecule has 0 aliphatic heterocycles. The highest BCUT2D eigenvalue weighted by Crippen LogP contribution is 2.31. The number of hydrogen-bond acceptors (Lipinski definition) is 6. The predicted octanol–water partition coefficient (Wildman–Crippen LogP) is 5.00. The average Bonchev–Trinajstić information content (AvgIpc) is 3.09. The van der Waals surface area contributed by atoms with Crippen LogP contribution in [0.4, 0.5) is 5.69 Å². The second-order valence-electron chi connectivity index (χ2n) is 6.30. The van der Waals surface area contributed by atoms with Crippen molar-refractivity contribution in [3.05, 3.63) is 58.3 Å². The van der Waals surface area contributed by atoms with Crippen molar-refractivity contribution in [2.24, 2.45) is 7.05 Å². The van der Waals surface area contributed by atoms with Crippen molar-refractivity contribution >= 4 is 46.6 Å². The topological polar surface area (TPSA) is 78.3 Å². The minimum Gasteiger partial charge on any atom is -0.497 e. The number of nitrogens with one attached hydrogen (secondary N) is 1. The second-order valence-corrected chi connectivity index (χ2v) is 8.09. The number of amides is 1. The molecule has 0 saturated carbocycles. The zero-order chi connectivity index (χ0) is 21.7. The van der Waals surface area contributed by atoms with E-state index in [2.05, 4.69) is 15.5 Å². The fourth-order valence-electron chi connectivity index (χ4n) is 2.62. The van der Waals surface area contributed by atoms with E-state index < -0.39 is 6.10 Å². The number of rotatable bonds is 8. The summed E-state index contributed by atoms with van der Waals surface area (Å²) in [6, 6.07) is 12.2. The zero-order valence-corrected chi connectivity index (χ0v) is 18.9. The van der Waals surface area contributed by atoms with Crippen molar-refractivity contribution in [3.8, 4) is 11.5 Å². The normalized spacial score (nSPS) is 11.8. The van der Waals surface area contributed by atoms with E-state index >= 15 is 0 Å². The van der Waals surface area contributed by atoms with Gasteiger partial charge in [-0.25, -0.2) is 0 Å². The van der Waals surface area contributed by atoms with Gasteiger partial charge in [0.15, 0.2) is 17.1 Å². The third-order valence-electron chi connectivity index (χ3n) is 4.14. The van der Waals surface area contributed by atoms with E-state index in [1.165, 1.54) is 11.8 Å².